The number of anilines is 1. The zero-order valence-electron chi connectivity index (χ0n) is 17.9. The number of carbonyl (C=O) groups is 4. The van der Waals surface area contributed by atoms with Gasteiger partial charge in [0, 0.05) is 16.7 Å². The summed E-state index contributed by atoms with van der Waals surface area (Å²) in [6, 6.07) is 17.7. The van der Waals surface area contributed by atoms with Gasteiger partial charge in [-0.25, -0.2) is 4.79 Å². The molecule has 0 atom stereocenters. The summed E-state index contributed by atoms with van der Waals surface area (Å²) < 4.78 is 10.6. The molecule has 7 nitrogen and oxygen atoms in total. The van der Waals surface area contributed by atoms with Gasteiger partial charge in [0.05, 0.1) is 23.4 Å². The number of esters is 1. The summed E-state index contributed by atoms with van der Waals surface area (Å²) >= 11 is 0. The van der Waals surface area contributed by atoms with Crippen LogP contribution in [0.5, 0.6) is 5.75 Å². The first-order chi connectivity index (χ1) is 16.0. The molecule has 0 saturated carbocycles. The predicted molar refractivity (Wildman–Crippen MR) is 121 cm³/mol. The van der Waals surface area contributed by atoms with Crippen LogP contribution in [0.3, 0.4) is 0 Å². The van der Waals surface area contributed by atoms with Crippen molar-refractivity contribution in [1.82, 2.24) is 0 Å². The lowest BCUT2D eigenvalue weighted by atomic mass is 9.83. The average molecular weight is 443 g/mol. The number of carbonyl (C=O) groups excluding carboxylic acids is 4. The van der Waals surface area contributed by atoms with E-state index in [2.05, 4.69) is 5.32 Å². The number of rotatable bonds is 7. The molecule has 0 radical (unpaired) electrons. The third-order valence-corrected chi connectivity index (χ3v) is 5.12. The molecule has 33 heavy (non-hydrogen) atoms. The Hall–Kier alpha value is -4.26. The Morgan fingerprint density at radius 1 is 0.818 bits per heavy atom. The molecule has 0 aromatic heterocycles. The van der Waals surface area contributed by atoms with Crippen molar-refractivity contribution in [1.29, 1.82) is 0 Å². The summed E-state index contributed by atoms with van der Waals surface area (Å²) in [5.41, 5.74) is 1.44. The molecule has 1 amide bonds. The van der Waals surface area contributed by atoms with Crippen LogP contribution in [0.1, 0.15) is 55.5 Å². The Kier molecular flexibility index (Phi) is 6.31. The minimum absolute atomic E-state index is 0.128. The minimum Gasteiger partial charge on any atom is -0.494 e. The van der Waals surface area contributed by atoms with Gasteiger partial charge in [0.15, 0.2) is 18.2 Å². The van der Waals surface area contributed by atoms with Crippen molar-refractivity contribution in [3.63, 3.8) is 0 Å². The fraction of sp³-hybridized carbons (Fsp3) is 0.154. The van der Waals surface area contributed by atoms with Crippen LogP contribution in [-0.2, 0) is 9.53 Å². The zero-order chi connectivity index (χ0) is 23.4. The van der Waals surface area contributed by atoms with Crippen LogP contribution >= 0.6 is 0 Å². The van der Waals surface area contributed by atoms with E-state index in [9.17, 15) is 19.2 Å². The van der Waals surface area contributed by atoms with Crippen molar-refractivity contribution in [2.75, 3.05) is 18.5 Å². The predicted octanol–water partition coefficient (Wildman–Crippen LogP) is 4.05. The van der Waals surface area contributed by atoms with Gasteiger partial charge in [0.25, 0.3) is 5.91 Å². The fourth-order valence-electron chi connectivity index (χ4n) is 3.56. The van der Waals surface area contributed by atoms with Crippen LogP contribution < -0.4 is 10.1 Å². The quantitative estimate of drug-likeness (QED) is 0.433. The molecule has 0 unspecified atom stereocenters. The molecule has 3 aromatic rings. The summed E-state index contributed by atoms with van der Waals surface area (Å²) in [5.74, 6) is -1.28. The highest BCUT2D eigenvalue weighted by Gasteiger charge is 2.31. The van der Waals surface area contributed by atoms with Gasteiger partial charge in [-0.2, -0.15) is 0 Å². The van der Waals surface area contributed by atoms with Gasteiger partial charge in [-0.3, -0.25) is 14.4 Å². The first kappa shape index (κ1) is 22.0. The zero-order valence-corrected chi connectivity index (χ0v) is 17.9. The van der Waals surface area contributed by atoms with E-state index in [4.69, 9.17) is 9.47 Å². The van der Waals surface area contributed by atoms with E-state index in [1.807, 2.05) is 6.92 Å². The molecule has 3 aromatic carbocycles. The molecular weight excluding hydrogens is 422 g/mol. The molecule has 0 spiro atoms. The topological polar surface area (TPSA) is 98.8 Å². The van der Waals surface area contributed by atoms with E-state index >= 15 is 0 Å². The highest BCUT2D eigenvalue weighted by atomic mass is 16.5. The van der Waals surface area contributed by atoms with Crippen LogP contribution in [0, 0.1) is 0 Å². The summed E-state index contributed by atoms with van der Waals surface area (Å²) in [6.07, 6.45) is 0.871. The second-order valence-electron chi connectivity index (χ2n) is 7.43. The molecule has 1 N–H and O–H groups in total. The largest absolute Gasteiger partial charge is 0.494 e. The number of benzene rings is 3. The molecule has 166 valence electrons. The van der Waals surface area contributed by atoms with Gasteiger partial charge >= 0.3 is 5.97 Å². The van der Waals surface area contributed by atoms with Gasteiger partial charge in [0.2, 0.25) is 0 Å². The van der Waals surface area contributed by atoms with Crippen molar-refractivity contribution in [2.45, 2.75) is 13.3 Å². The number of amides is 1. The number of hydrogen-bond donors (Lipinski definition) is 1. The normalized spacial score (nSPS) is 11.9. The Balaban J connectivity index is 1.43. The number of hydrogen-bond acceptors (Lipinski definition) is 6. The number of ether oxygens (including phenoxy) is 2. The molecule has 0 bridgehead atoms. The third kappa shape index (κ3) is 4.52. The molecule has 1 aliphatic carbocycles. The van der Waals surface area contributed by atoms with Crippen LogP contribution in [0.15, 0.2) is 66.7 Å². The van der Waals surface area contributed by atoms with E-state index < -0.39 is 18.5 Å². The number of nitrogens with one attached hydrogen (secondary N) is 1. The third-order valence-electron chi connectivity index (χ3n) is 5.12. The average Bonchev–Trinajstić information content (AvgIpc) is 2.85. The van der Waals surface area contributed by atoms with E-state index in [0.29, 0.717) is 17.9 Å². The maximum atomic E-state index is 13.0. The molecular formula is C26H21NO6. The Morgan fingerprint density at radius 2 is 1.48 bits per heavy atom. The molecule has 4 rings (SSSR count). The van der Waals surface area contributed by atoms with Crippen LogP contribution in [0.2, 0.25) is 0 Å². The van der Waals surface area contributed by atoms with Crippen molar-refractivity contribution in [2.24, 2.45) is 0 Å². The van der Waals surface area contributed by atoms with Gasteiger partial charge in [-0.05, 0) is 36.8 Å². The molecule has 0 aliphatic heterocycles. The van der Waals surface area contributed by atoms with Crippen molar-refractivity contribution in [3.05, 3.63) is 94.5 Å². The van der Waals surface area contributed by atoms with Crippen LogP contribution in [-0.4, -0.2) is 36.7 Å². The maximum Gasteiger partial charge on any atom is 0.338 e. The smallest absolute Gasteiger partial charge is 0.338 e. The molecule has 1 aliphatic rings. The Labute approximate surface area is 190 Å². The first-order valence-corrected chi connectivity index (χ1v) is 10.5. The van der Waals surface area contributed by atoms with E-state index in [-0.39, 0.29) is 39.5 Å². The fourth-order valence-corrected chi connectivity index (χ4v) is 3.56. The lowest BCUT2D eigenvalue weighted by Crippen LogP contribution is -2.26. The molecule has 0 fully saturated rings. The van der Waals surface area contributed by atoms with Crippen molar-refractivity contribution < 1.29 is 28.7 Å². The summed E-state index contributed by atoms with van der Waals surface area (Å²) in [4.78, 5) is 50.5. The lowest BCUT2D eigenvalue weighted by Gasteiger charge is -2.20. The molecule has 0 saturated heterocycles. The Morgan fingerprint density at radius 3 is 2.18 bits per heavy atom. The van der Waals surface area contributed by atoms with Crippen LogP contribution in [0.25, 0.3) is 0 Å². The standard InChI is InChI=1S/C26H21NO6/c1-2-14-32-17-12-10-16(11-13-17)26(31)33-15-22(28)27-21-9-5-8-20-23(21)25(30)19-7-4-3-6-18(19)24(20)29/h3-13H,2,14-15H2,1H3,(H,27,28). The van der Waals surface area contributed by atoms with Gasteiger partial charge in [-0.1, -0.05) is 43.3 Å². The van der Waals surface area contributed by atoms with Gasteiger partial charge in [-0.15, -0.1) is 0 Å². The molecule has 0 heterocycles. The van der Waals surface area contributed by atoms with E-state index in [1.54, 1.807) is 60.7 Å². The Bertz CT molecular complexity index is 1250. The van der Waals surface area contributed by atoms with E-state index in [1.165, 1.54) is 6.07 Å². The van der Waals surface area contributed by atoms with Crippen molar-refractivity contribution in [3.8, 4) is 5.75 Å². The van der Waals surface area contributed by atoms with Crippen LogP contribution in [0.4, 0.5) is 5.69 Å². The maximum absolute atomic E-state index is 13.0. The summed E-state index contributed by atoms with van der Waals surface area (Å²) in [5, 5.41) is 2.58. The number of fused-ring (bicyclic) bond motifs is 2. The summed E-state index contributed by atoms with van der Waals surface area (Å²) in [6.45, 7) is 2.02. The second kappa shape index (κ2) is 9.48. The minimum atomic E-state index is -0.664. The monoisotopic (exact) mass is 443 g/mol. The second-order valence-corrected chi connectivity index (χ2v) is 7.43. The number of ketones is 2. The lowest BCUT2D eigenvalue weighted by molar-refractivity contribution is -0.119. The first-order valence-electron chi connectivity index (χ1n) is 10.5. The summed E-state index contributed by atoms with van der Waals surface area (Å²) in [7, 11) is 0. The van der Waals surface area contributed by atoms with Crippen molar-refractivity contribution >= 4 is 29.1 Å². The molecule has 7 heteroatoms. The highest BCUT2D eigenvalue weighted by molar-refractivity contribution is 6.30. The van der Waals surface area contributed by atoms with E-state index in [0.717, 1.165) is 6.42 Å². The highest BCUT2D eigenvalue weighted by Crippen LogP contribution is 2.31. The van der Waals surface area contributed by atoms with Gasteiger partial charge < -0.3 is 14.8 Å². The van der Waals surface area contributed by atoms with Gasteiger partial charge in [0.1, 0.15) is 5.75 Å². The SMILES string of the molecule is CCCOc1ccc(C(=O)OCC(=O)Nc2cccc3c2C(=O)c2ccccc2C3=O)cc1.